The molecular formula is C15H13ClO4. The van der Waals surface area contributed by atoms with Crippen LogP contribution in [0.25, 0.3) is 0 Å². The van der Waals surface area contributed by atoms with Crippen molar-refractivity contribution in [2.24, 2.45) is 0 Å². The van der Waals surface area contributed by atoms with Crippen molar-refractivity contribution in [2.75, 3.05) is 0 Å². The molecule has 0 radical (unpaired) electrons. The molecule has 0 heterocycles. The predicted octanol–water partition coefficient (Wildman–Crippen LogP) is 3.63. The lowest BCUT2D eigenvalue weighted by molar-refractivity contribution is 0.0693. The van der Waals surface area contributed by atoms with Crippen molar-refractivity contribution >= 4 is 17.6 Å². The van der Waals surface area contributed by atoms with Gasteiger partial charge in [0.1, 0.15) is 23.7 Å². The number of aromatic carboxylic acids is 1. The van der Waals surface area contributed by atoms with Gasteiger partial charge in [0.2, 0.25) is 0 Å². The molecule has 0 amide bonds. The number of rotatable bonds is 4. The Hall–Kier alpha value is -2.20. The maximum absolute atomic E-state index is 10.8. The third kappa shape index (κ3) is 3.22. The molecule has 0 unspecified atom stereocenters. The highest BCUT2D eigenvalue weighted by molar-refractivity contribution is 6.32. The van der Waals surface area contributed by atoms with Crippen LogP contribution < -0.4 is 4.74 Å². The fourth-order valence-corrected chi connectivity index (χ4v) is 2.01. The minimum absolute atomic E-state index is 0.146. The molecule has 0 aliphatic heterocycles. The van der Waals surface area contributed by atoms with Crippen LogP contribution in [0.1, 0.15) is 21.5 Å². The molecule has 0 aliphatic rings. The van der Waals surface area contributed by atoms with E-state index in [1.54, 1.807) is 0 Å². The lowest BCUT2D eigenvalue weighted by Gasteiger charge is -2.10. The first kappa shape index (κ1) is 14.2. The fraction of sp³-hybridized carbons (Fsp3) is 0.133. The lowest BCUT2D eigenvalue weighted by atomic mass is 10.1. The molecule has 4 nitrogen and oxygen atoms in total. The van der Waals surface area contributed by atoms with E-state index >= 15 is 0 Å². The third-order valence-electron chi connectivity index (χ3n) is 2.76. The van der Waals surface area contributed by atoms with Crippen LogP contribution in [0.3, 0.4) is 0 Å². The zero-order valence-electron chi connectivity index (χ0n) is 10.8. The van der Waals surface area contributed by atoms with Crippen molar-refractivity contribution in [2.45, 2.75) is 13.5 Å². The van der Waals surface area contributed by atoms with Crippen molar-refractivity contribution in [1.82, 2.24) is 0 Å². The number of phenols is 1. The van der Waals surface area contributed by atoms with Gasteiger partial charge in [0.05, 0.1) is 5.02 Å². The molecule has 2 aromatic rings. The topological polar surface area (TPSA) is 66.8 Å². The Morgan fingerprint density at radius 3 is 2.70 bits per heavy atom. The van der Waals surface area contributed by atoms with Crippen LogP contribution >= 0.6 is 11.6 Å². The van der Waals surface area contributed by atoms with Gasteiger partial charge in [0.25, 0.3) is 0 Å². The summed E-state index contributed by atoms with van der Waals surface area (Å²) in [4.78, 5) is 10.8. The zero-order chi connectivity index (χ0) is 14.7. The van der Waals surface area contributed by atoms with Crippen molar-refractivity contribution < 1.29 is 19.7 Å². The zero-order valence-corrected chi connectivity index (χ0v) is 11.5. The monoisotopic (exact) mass is 292 g/mol. The maximum atomic E-state index is 10.8. The summed E-state index contributed by atoms with van der Waals surface area (Å²) in [5.41, 5.74) is 1.82. The maximum Gasteiger partial charge on any atom is 0.339 e. The Labute approximate surface area is 121 Å². The van der Waals surface area contributed by atoms with E-state index in [9.17, 15) is 9.90 Å². The Morgan fingerprint density at radius 2 is 2.05 bits per heavy atom. The molecule has 0 bridgehead atoms. The van der Waals surface area contributed by atoms with E-state index in [2.05, 4.69) is 0 Å². The number of ether oxygens (including phenoxy) is 1. The van der Waals surface area contributed by atoms with Crippen LogP contribution in [0.5, 0.6) is 11.5 Å². The highest BCUT2D eigenvalue weighted by Crippen LogP contribution is 2.32. The minimum atomic E-state index is -1.24. The van der Waals surface area contributed by atoms with Gasteiger partial charge in [-0.15, -0.1) is 0 Å². The van der Waals surface area contributed by atoms with Gasteiger partial charge in [0, 0.05) is 6.07 Å². The van der Waals surface area contributed by atoms with Crippen LogP contribution in [0.15, 0.2) is 36.4 Å². The van der Waals surface area contributed by atoms with Crippen LogP contribution in [-0.2, 0) is 6.61 Å². The number of aromatic hydroxyl groups is 1. The van der Waals surface area contributed by atoms with E-state index in [0.29, 0.717) is 0 Å². The molecule has 0 spiro atoms. The first-order chi connectivity index (χ1) is 9.47. The summed E-state index contributed by atoms with van der Waals surface area (Å²) in [6.07, 6.45) is 0. The average Bonchev–Trinajstić information content (AvgIpc) is 2.39. The van der Waals surface area contributed by atoms with E-state index in [0.717, 1.165) is 11.1 Å². The quantitative estimate of drug-likeness (QED) is 0.903. The van der Waals surface area contributed by atoms with E-state index in [-0.39, 0.29) is 28.7 Å². The number of hydrogen-bond acceptors (Lipinski definition) is 3. The molecule has 2 N–H and O–H groups in total. The van der Waals surface area contributed by atoms with Crippen molar-refractivity contribution in [3.8, 4) is 11.5 Å². The Balaban J connectivity index is 2.18. The Morgan fingerprint density at radius 1 is 1.30 bits per heavy atom. The molecule has 0 saturated carbocycles. The SMILES string of the molecule is Cc1cccc(COc2cc(O)c(C(=O)O)cc2Cl)c1. The molecule has 104 valence electrons. The third-order valence-corrected chi connectivity index (χ3v) is 3.05. The van der Waals surface area contributed by atoms with Gasteiger partial charge in [-0.1, -0.05) is 41.4 Å². The largest absolute Gasteiger partial charge is 0.507 e. The summed E-state index contributed by atoms with van der Waals surface area (Å²) < 4.78 is 5.51. The van der Waals surface area contributed by atoms with Crippen LogP contribution in [0.4, 0.5) is 0 Å². The number of benzene rings is 2. The highest BCUT2D eigenvalue weighted by Gasteiger charge is 2.14. The number of carbonyl (C=O) groups is 1. The number of halogens is 1. The Bertz CT molecular complexity index is 652. The Kier molecular flexibility index (Phi) is 4.15. The van der Waals surface area contributed by atoms with Crippen molar-refractivity contribution in [3.05, 3.63) is 58.1 Å². The molecule has 0 saturated heterocycles. The van der Waals surface area contributed by atoms with Gasteiger partial charge >= 0.3 is 5.97 Å². The second kappa shape index (κ2) is 5.84. The van der Waals surface area contributed by atoms with Gasteiger partial charge in [0.15, 0.2) is 0 Å². The summed E-state index contributed by atoms with van der Waals surface area (Å²) in [5.74, 6) is -1.37. The van der Waals surface area contributed by atoms with Crippen LogP contribution in [0, 0.1) is 6.92 Å². The van der Waals surface area contributed by atoms with Crippen LogP contribution in [-0.4, -0.2) is 16.2 Å². The fourth-order valence-electron chi connectivity index (χ4n) is 1.79. The molecule has 2 rings (SSSR count). The number of carboxylic acid groups (broad SMARTS) is 1. The summed E-state index contributed by atoms with van der Waals surface area (Å²) >= 11 is 5.94. The van der Waals surface area contributed by atoms with E-state index in [4.69, 9.17) is 21.4 Å². The molecule has 20 heavy (non-hydrogen) atoms. The second-order valence-corrected chi connectivity index (χ2v) is 4.79. The molecule has 0 atom stereocenters. The first-order valence-corrected chi connectivity index (χ1v) is 6.29. The van der Waals surface area contributed by atoms with Gasteiger partial charge in [-0.3, -0.25) is 0 Å². The number of hydrogen-bond donors (Lipinski definition) is 2. The van der Waals surface area contributed by atoms with E-state index in [1.165, 1.54) is 12.1 Å². The molecule has 0 aromatic heterocycles. The smallest absolute Gasteiger partial charge is 0.339 e. The highest BCUT2D eigenvalue weighted by atomic mass is 35.5. The van der Waals surface area contributed by atoms with Gasteiger partial charge in [-0.05, 0) is 18.6 Å². The number of carboxylic acids is 1. The summed E-state index contributed by atoms with van der Waals surface area (Å²) in [5, 5.41) is 18.6. The van der Waals surface area contributed by atoms with Gasteiger partial charge in [-0.2, -0.15) is 0 Å². The lowest BCUT2D eigenvalue weighted by Crippen LogP contribution is -2.00. The van der Waals surface area contributed by atoms with E-state index in [1.807, 2.05) is 31.2 Å². The summed E-state index contributed by atoms with van der Waals surface area (Å²) in [7, 11) is 0. The molecular weight excluding hydrogens is 280 g/mol. The average molecular weight is 293 g/mol. The first-order valence-electron chi connectivity index (χ1n) is 5.91. The molecule has 5 heteroatoms. The molecule has 0 aliphatic carbocycles. The van der Waals surface area contributed by atoms with Crippen LogP contribution in [0.2, 0.25) is 5.02 Å². The predicted molar refractivity (Wildman–Crippen MR) is 75.6 cm³/mol. The molecule has 2 aromatic carbocycles. The molecule has 0 fully saturated rings. The van der Waals surface area contributed by atoms with E-state index < -0.39 is 5.97 Å². The second-order valence-electron chi connectivity index (χ2n) is 4.38. The van der Waals surface area contributed by atoms with Crippen molar-refractivity contribution in [1.29, 1.82) is 0 Å². The summed E-state index contributed by atoms with van der Waals surface area (Å²) in [6, 6.07) is 10.2. The normalized spacial score (nSPS) is 10.3. The standard InChI is InChI=1S/C15H13ClO4/c1-9-3-2-4-10(5-9)8-20-14-7-13(17)11(15(18)19)6-12(14)16/h2-7,17H,8H2,1H3,(H,18,19). The number of aryl methyl sites for hydroxylation is 1. The summed E-state index contributed by atoms with van der Waals surface area (Å²) in [6.45, 7) is 2.26. The van der Waals surface area contributed by atoms with Gasteiger partial charge < -0.3 is 14.9 Å². The van der Waals surface area contributed by atoms with Crippen molar-refractivity contribution in [3.63, 3.8) is 0 Å². The minimum Gasteiger partial charge on any atom is -0.507 e. The van der Waals surface area contributed by atoms with Gasteiger partial charge in [-0.25, -0.2) is 4.79 Å².